The molecule has 2 rings (SSSR count). The average Bonchev–Trinajstić information content (AvgIpc) is 2.86. The highest BCUT2D eigenvalue weighted by Crippen LogP contribution is 2.19. The second kappa shape index (κ2) is 4.76. The summed E-state index contributed by atoms with van der Waals surface area (Å²) in [5, 5.41) is 15.8. The minimum Gasteiger partial charge on any atom is -0.319 e. The lowest BCUT2D eigenvalue weighted by Crippen LogP contribution is -2.24. The second-order valence-electron chi connectivity index (χ2n) is 3.97. The Morgan fingerprint density at radius 3 is 2.75 bits per heavy atom. The summed E-state index contributed by atoms with van der Waals surface area (Å²) in [7, 11) is 1.96. The first-order valence-corrected chi connectivity index (χ1v) is 6.25. The summed E-state index contributed by atoms with van der Waals surface area (Å²) in [6.45, 7) is 4.27. The maximum atomic E-state index is 4.10. The molecule has 16 heavy (non-hydrogen) atoms. The quantitative estimate of drug-likeness (QED) is 0.885. The van der Waals surface area contributed by atoms with Crippen molar-refractivity contribution in [2.24, 2.45) is 7.05 Å². The van der Waals surface area contributed by atoms with Crippen LogP contribution in [0.1, 0.15) is 37.3 Å². The lowest BCUT2D eigenvalue weighted by atomic mass is 10.1. The first-order valence-electron chi connectivity index (χ1n) is 5.30. The Bertz CT molecular complexity index is 435. The number of aryl methyl sites for hydroxylation is 1. The smallest absolute Gasteiger partial charge is 0.149 e. The van der Waals surface area contributed by atoms with E-state index >= 15 is 0 Å². The average molecular weight is 236 g/mol. The summed E-state index contributed by atoms with van der Waals surface area (Å²) in [4.78, 5) is 0. The third-order valence-corrected chi connectivity index (χ3v) is 3.38. The van der Waals surface area contributed by atoms with E-state index < -0.39 is 0 Å². The van der Waals surface area contributed by atoms with Crippen molar-refractivity contribution in [3.63, 3.8) is 0 Å². The van der Waals surface area contributed by atoms with Gasteiger partial charge in [0.25, 0.3) is 0 Å². The van der Waals surface area contributed by atoms with Gasteiger partial charge in [-0.25, -0.2) is 0 Å². The van der Waals surface area contributed by atoms with E-state index in [1.54, 1.807) is 17.7 Å². The van der Waals surface area contributed by atoms with Crippen LogP contribution >= 0.6 is 11.3 Å². The number of hydrogen-bond acceptors (Lipinski definition) is 4. The molecule has 2 aromatic heterocycles. The van der Waals surface area contributed by atoms with Crippen LogP contribution in [0.5, 0.6) is 0 Å². The van der Waals surface area contributed by atoms with E-state index in [9.17, 15) is 0 Å². The summed E-state index contributed by atoms with van der Waals surface area (Å²) < 4.78 is 1.94. The van der Waals surface area contributed by atoms with E-state index in [4.69, 9.17) is 0 Å². The Kier molecular flexibility index (Phi) is 3.36. The second-order valence-corrected chi connectivity index (χ2v) is 4.75. The van der Waals surface area contributed by atoms with Gasteiger partial charge in [-0.15, -0.1) is 10.2 Å². The Balaban J connectivity index is 2.03. The van der Waals surface area contributed by atoms with Crippen molar-refractivity contribution < 1.29 is 0 Å². The Morgan fingerprint density at radius 1 is 1.38 bits per heavy atom. The predicted octanol–water partition coefficient (Wildman–Crippen LogP) is 2.29. The zero-order chi connectivity index (χ0) is 11.5. The molecule has 0 bridgehead atoms. The third kappa shape index (κ3) is 2.31. The van der Waals surface area contributed by atoms with E-state index in [2.05, 4.69) is 46.2 Å². The van der Waals surface area contributed by atoms with E-state index in [1.165, 1.54) is 5.56 Å². The zero-order valence-corrected chi connectivity index (χ0v) is 10.5. The van der Waals surface area contributed by atoms with Crippen LogP contribution in [0.2, 0.25) is 0 Å². The largest absolute Gasteiger partial charge is 0.319 e. The van der Waals surface area contributed by atoms with Crippen LogP contribution in [0.25, 0.3) is 0 Å². The predicted molar refractivity (Wildman–Crippen MR) is 65.3 cm³/mol. The van der Waals surface area contributed by atoms with Crippen molar-refractivity contribution in [1.82, 2.24) is 20.1 Å². The number of hydrogen-bond donors (Lipinski definition) is 1. The topological polar surface area (TPSA) is 42.7 Å². The molecule has 5 heteroatoms. The molecule has 0 spiro atoms. The molecule has 1 N–H and O–H groups in total. The van der Waals surface area contributed by atoms with Crippen LogP contribution in [-0.2, 0) is 7.05 Å². The fourth-order valence-corrected chi connectivity index (χ4v) is 2.51. The summed E-state index contributed by atoms with van der Waals surface area (Å²) in [5.74, 6) is 0.960. The van der Waals surface area contributed by atoms with Crippen LogP contribution in [-0.4, -0.2) is 14.8 Å². The normalized spacial score (nSPS) is 14.9. The van der Waals surface area contributed by atoms with Crippen molar-refractivity contribution in [2.45, 2.75) is 25.9 Å². The van der Waals surface area contributed by atoms with E-state index in [1.807, 2.05) is 11.6 Å². The summed E-state index contributed by atoms with van der Waals surface area (Å²) >= 11 is 1.72. The maximum Gasteiger partial charge on any atom is 0.149 e. The SMILES string of the molecule is CC(NC(C)c1nncn1C)c1ccsc1. The van der Waals surface area contributed by atoms with Crippen LogP contribution in [0, 0.1) is 0 Å². The molecule has 0 aliphatic rings. The van der Waals surface area contributed by atoms with Gasteiger partial charge < -0.3 is 9.88 Å². The zero-order valence-electron chi connectivity index (χ0n) is 9.71. The summed E-state index contributed by atoms with van der Waals surface area (Å²) in [6, 6.07) is 2.67. The third-order valence-electron chi connectivity index (χ3n) is 2.68. The molecule has 2 unspecified atom stereocenters. The molecule has 0 aromatic carbocycles. The number of nitrogens with zero attached hydrogens (tertiary/aromatic N) is 3. The number of thiophene rings is 1. The van der Waals surface area contributed by atoms with Crippen LogP contribution < -0.4 is 5.32 Å². The highest BCUT2D eigenvalue weighted by Gasteiger charge is 2.14. The molecule has 0 aliphatic carbocycles. The Labute approximate surface area is 99.3 Å². The molecule has 0 amide bonds. The first kappa shape index (κ1) is 11.3. The van der Waals surface area contributed by atoms with Crippen LogP contribution in [0.4, 0.5) is 0 Å². The van der Waals surface area contributed by atoms with Crippen LogP contribution in [0.15, 0.2) is 23.2 Å². The van der Waals surface area contributed by atoms with E-state index in [-0.39, 0.29) is 6.04 Å². The minimum atomic E-state index is 0.197. The Hall–Kier alpha value is -1.20. The summed E-state index contributed by atoms with van der Waals surface area (Å²) in [5.41, 5.74) is 1.32. The fourth-order valence-electron chi connectivity index (χ4n) is 1.75. The van der Waals surface area contributed by atoms with Gasteiger partial charge in [-0.05, 0) is 36.2 Å². The van der Waals surface area contributed by atoms with Crippen molar-refractivity contribution in [2.75, 3.05) is 0 Å². The summed E-state index contributed by atoms with van der Waals surface area (Å²) in [6.07, 6.45) is 1.72. The number of rotatable bonds is 4. The molecular formula is C11H16N4S. The van der Waals surface area contributed by atoms with Gasteiger partial charge in [-0.2, -0.15) is 11.3 Å². The molecular weight excluding hydrogens is 220 g/mol. The van der Waals surface area contributed by atoms with Gasteiger partial charge in [-0.3, -0.25) is 0 Å². The number of nitrogens with one attached hydrogen (secondary N) is 1. The van der Waals surface area contributed by atoms with Gasteiger partial charge in [0.15, 0.2) is 0 Å². The van der Waals surface area contributed by atoms with Gasteiger partial charge in [0, 0.05) is 13.1 Å². The van der Waals surface area contributed by atoms with Crippen molar-refractivity contribution in [3.8, 4) is 0 Å². The molecule has 4 nitrogen and oxygen atoms in total. The van der Waals surface area contributed by atoms with E-state index in [0.29, 0.717) is 6.04 Å². The minimum absolute atomic E-state index is 0.197. The van der Waals surface area contributed by atoms with Gasteiger partial charge in [0.2, 0.25) is 0 Å². The van der Waals surface area contributed by atoms with Gasteiger partial charge >= 0.3 is 0 Å². The maximum absolute atomic E-state index is 4.10. The van der Waals surface area contributed by atoms with Gasteiger partial charge in [0.05, 0.1) is 6.04 Å². The number of aromatic nitrogens is 3. The van der Waals surface area contributed by atoms with E-state index in [0.717, 1.165) is 5.82 Å². The first-order chi connectivity index (χ1) is 7.68. The molecule has 2 aromatic rings. The highest BCUT2D eigenvalue weighted by molar-refractivity contribution is 7.07. The molecule has 0 aliphatic heterocycles. The fraction of sp³-hybridized carbons (Fsp3) is 0.455. The molecule has 0 radical (unpaired) electrons. The van der Waals surface area contributed by atoms with Gasteiger partial charge in [0.1, 0.15) is 12.2 Å². The molecule has 0 saturated carbocycles. The lowest BCUT2D eigenvalue weighted by molar-refractivity contribution is 0.466. The van der Waals surface area contributed by atoms with Gasteiger partial charge in [-0.1, -0.05) is 0 Å². The molecule has 0 fully saturated rings. The highest BCUT2D eigenvalue weighted by atomic mass is 32.1. The monoisotopic (exact) mass is 236 g/mol. The molecule has 2 heterocycles. The van der Waals surface area contributed by atoms with Crippen molar-refractivity contribution >= 4 is 11.3 Å². The standard InChI is InChI=1S/C11H16N4S/c1-8(10-4-5-16-6-10)13-9(2)11-14-12-7-15(11)3/h4-9,13H,1-3H3. The molecule has 86 valence electrons. The molecule has 2 atom stereocenters. The molecule has 0 saturated heterocycles. The van der Waals surface area contributed by atoms with Crippen molar-refractivity contribution in [1.29, 1.82) is 0 Å². The Morgan fingerprint density at radius 2 is 2.19 bits per heavy atom. The lowest BCUT2D eigenvalue weighted by Gasteiger charge is -2.18. The van der Waals surface area contributed by atoms with Crippen molar-refractivity contribution in [3.05, 3.63) is 34.5 Å². The van der Waals surface area contributed by atoms with Crippen LogP contribution in [0.3, 0.4) is 0 Å².